The number of esters is 5. The average Bonchev–Trinajstić information content (AvgIpc) is 3.83. The molecule has 0 radical (unpaired) electrons. The number of nitrogens with zero attached hydrogens (tertiary/aromatic N) is 6. The highest BCUT2D eigenvalue weighted by Crippen LogP contribution is 2.34. The van der Waals surface area contributed by atoms with E-state index >= 15 is 0 Å². The Labute approximate surface area is 354 Å². The number of carbonyl (C=O) groups excluding carboxylic acids is 6. The minimum atomic E-state index is -0.985. The summed E-state index contributed by atoms with van der Waals surface area (Å²) in [6, 6.07) is -0.807. The van der Waals surface area contributed by atoms with Crippen LogP contribution in [0.25, 0.3) is 0 Å². The van der Waals surface area contributed by atoms with Crippen LogP contribution in [-0.2, 0) is 87.9 Å². The lowest BCUT2D eigenvalue weighted by molar-refractivity contribution is -0.231. The number of rotatable bonds is 20. The van der Waals surface area contributed by atoms with E-state index in [-0.39, 0.29) is 19.1 Å². The van der Waals surface area contributed by atoms with Gasteiger partial charge in [0.25, 0.3) is 0 Å². The van der Waals surface area contributed by atoms with Crippen molar-refractivity contribution in [1.82, 2.24) is 35.3 Å². The Bertz CT molecular complexity index is 1810. The zero-order chi connectivity index (χ0) is 45.0. The molecule has 11 atom stereocenters. The molecule has 0 saturated carbocycles. The molecule has 2 aliphatic rings. The Balaban J connectivity index is 1.42. The fourth-order valence-electron chi connectivity index (χ4n) is 7.99. The first-order chi connectivity index (χ1) is 28.9. The maximum Gasteiger partial charge on any atom is 0.303 e. The fraction of sp³-hybridized carbons (Fsp3) is 0.750. The molecule has 61 heavy (non-hydrogen) atoms. The monoisotopic (exact) mass is 863 g/mol. The lowest BCUT2D eigenvalue weighted by Crippen LogP contribution is -2.65. The number of ether oxygens (including phenoxy) is 7. The molecule has 340 valence electrons. The van der Waals surface area contributed by atoms with Crippen molar-refractivity contribution in [3.05, 3.63) is 23.8 Å². The summed E-state index contributed by atoms with van der Waals surface area (Å²) in [6.07, 6.45) is -0.151. The number of amides is 1. The van der Waals surface area contributed by atoms with Gasteiger partial charge < -0.3 is 43.6 Å². The molecular weight excluding hydrogens is 802 g/mol. The number of aromatic nitrogens is 6. The largest absolute Gasteiger partial charge is 0.463 e. The Morgan fingerprint density at radius 1 is 0.689 bits per heavy atom. The second-order valence-corrected chi connectivity index (χ2v) is 15.9. The average molecular weight is 864 g/mol. The summed E-state index contributed by atoms with van der Waals surface area (Å²) in [5, 5.41) is 30.9. The molecule has 21 heteroatoms. The molecular formula is C40H61N7O14. The zero-order valence-electron chi connectivity index (χ0n) is 36.4. The zero-order valence-corrected chi connectivity index (χ0v) is 36.4. The number of hydrogen-bond acceptors (Lipinski definition) is 18. The third-order valence-corrected chi connectivity index (χ3v) is 11.0. The van der Waals surface area contributed by atoms with Crippen LogP contribution in [0.5, 0.6) is 0 Å². The van der Waals surface area contributed by atoms with Crippen molar-refractivity contribution in [2.45, 2.75) is 169 Å². The summed E-state index contributed by atoms with van der Waals surface area (Å²) >= 11 is 0. The van der Waals surface area contributed by atoms with Crippen molar-refractivity contribution in [3.63, 3.8) is 0 Å². The summed E-state index contributed by atoms with van der Waals surface area (Å²) in [6.45, 7) is 13.4. The van der Waals surface area contributed by atoms with Gasteiger partial charge in [-0.2, -0.15) is 0 Å². The van der Waals surface area contributed by atoms with E-state index < -0.39 is 96.1 Å². The van der Waals surface area contributed by atoms with Gasteiger partial charge in [0, 0.05) is 65.3 Å². The SMILES string of the molecule is CC[C@H]1OC(CCc2cn(CC(CC)(CO)Cn3cc(CCC4O[C@H](COC(C)=O)[C@H](OC(C)=O)[C@H](OC(C)=O)[C@H]4C)nn3)nn2)[C@H](NC(C)=O)[C@@H](OC(C)=O)[C@H]1OC(C)=O. The number of aliphatic hydroxyl groups is 1. The van der Waals surface area contributed by atoms with Crippen LogP contribution < -0.4 is 5.32 Å². The van der Waals surface area contributed by atoms with Crippen LogP contribution in [0.2, 0.25) is 0 Å². The minimum Gasteiger partial charge on any atom is -0.463 e. The maximum absolute atomic E-state index is 12.3. The van der Waals surface area contributed by atoms with Crippen LogP contribution in [-0.4, -0.2) is 139 Å². The minimum absolute atomic E-state index is 0.195. The van der Waals surface area contributed by atoms with Gasteiger partial charge >= 0.3 is 29.8 Å². The fourth-order valence-corrected chi connectivity index (χ4v) is 7.99. The molecule has 0 bridgehead atoms. The molecule has 0 aliphatic carbocycles. The van der Waals surface area contributed by atoms with Gasteiger partial charge in [0.1, 0.15) is 18.8 Å². The van der Waals surface area contributed by atoms with E-state index in [0.29, 0.717) is 63.0 Å². The third kappa shape index (κ3) is 13.7. The summed E-state index contributed by atoms with van der Waals surface area (Å²) in [7, 11) is 0. The Kier molecular flexibility index (Phi) is 17.7. The van der Waals surface area contributed by atoms with E-state index in [2.05, 4.69) is 25.9 Å². The second-order valence-electron chi connectivity index (χ2n) is 15.9. The molecule has 4 heterocycles. The molecule has 2 aromatic heterocycles. The highest BCUT2D eigenvalue weighted by atomic mass is 16.6. The predicted molar refractivity (Wildman–Crippen MR) is 210 cm³/mol. The molecule has 2 fully saturated rings. The van der Waals surface area contributed by atoms with Gasteiger partial charge in [-0.25, -0.2) is 0 Å². The first kappa shape index (κ1) is 48.6. The Hall–Kier alpha value is -5.02. The summed E-state index contributed by atoms with van der Waals surface area (Å²) in [5.74, 6) is -3.63. The van der Waals surface area contributed by atoms with Gasteiger partial charge in [-0.1, -0.05) is 31.2 Å². The maximum atomic E-state index is 12.3. The van der Waals surface area contributed by atoms with Gasteiger partial charge in [0.2, 0.25) is 5.91 Å². The van der Waals surface area contributed by atoms with E-state index in [4.69, 9.17) is 33.2 Å². The van der Waals surface area contributed by atoms with E-state index in [9.17, 15) is 33.9 Å². The van der Waals surface area contributed by atoms with Gasteiger partial charge in [-0.05, 0) is 38.5 Å². The van der Waals surface area contributed by atoms with E-state index in [1.165, 1.54) is 41.5 Å². The van der Waals surface area contributed by atoms with Gasteiger partial charge in [0.15, 0.2) is 18.3 Å². The molecule has 2 aliphatic heterocycles. The quantitative estimate of drug-likeness (QED) is 0.140. The Morgan fingerprint density at radius 3 is 1.62 bits per heavy atom. The molecule has 2 saturated heterocycles. The third-order valence-electron chi connectivity index (χ3n) is 11.0. The van der Waals surface area contributed by atoms with Gasteiger partial charge in [-0.3, -0.25) is 38.1 Å². The molecule has 2 N–H and O–H groups in total. The Morgan fingerprint density at radius 2 is 1.16 bits per heavy atom. The van der Waals surface area contributed by atoms with E-state index in [0.717, 1.165) is 0 Å². The van der Waals surface area contributed by atoms with Crippen LogP contribution in [0.1, 0.15) is 99.4 Å². The highest BCUT2D eigenvalue weighted by molar-refractivity contribution is 5.74. The summed E-state index contributed by atoms with van der Waals surface area (Å²) in [5.41, 5.74) is 0.566. The molecule has 0 spiro atoms. The van der Waals surface area contributed by atoms with Crippen LogP contribution in [0.4, 0.5) is 0 Å². The molecule has 0 aromatic carbocycles. The van der Waals surface area contributed by atoms with Crippen molar-refractivity contribution in [1.29, 1.82) is 0 Å². The highest BCUT2D eigenvalue weighted by Gasteiger charge is 2.50. The normalized spacial score (nSPS) is 27.2. The second kappa shape index (κ2) is 22.2. The van der Waals surface area contributed by atoms with Crippen LogP contribution in [0.15, 0.2) is 12.4 Å². The van der Waals surface area contributed by atoms with Crippen LogP contribution in [0, 0.1) is 11.3 Å². The number of aliphatic hydroxyl groups excluding tert-OH is 1. The van der Waals surface area contributed by atoms with Crippen molar-refractivity contribution < 1.29 is 67.0 Å². The number of carbonyl (C=O) groups is 6. The van der Waals surface area contributed by atoms with Crippen molar-refractivity contribution in [3.8, 4) is 0 Å². The van der Waals surface area contributed by atoms with Crippen molar-refractivity contribution >= 4 is 35.8 Å². The predicted octanol–water partition coefficient (Wildman–Crippen LogP) is 1.20. The summed E-state index contributed by atoms with van der Waals surface area (Å²) < 4.78 is 43.5. The smallest absolute Gasteiger partial charge is 0.303 e. The first-order valence-electron chi connectivity index (χ1n) is 20.7. The van der Waals surface area contributed by atoms with Crippen LogP contribution in [0.3, 0.4) is 0 Å². The molecule has 4 rings (SSSR count). The standard InChI is InChI=1S/C40H61N7O14/c1-10-31-37(57-26(7)52)39(59-28(9)54)35(41-23(4)49)33(60-31)15-13-30-17-47(45-43-30)20-40(11-2,21-48)19-46-16-29(42-44-46)12-14-32-22(3)36(56-25(6)51)38(58-27(8)53)34(61-32)18-55-24(5)50/h16-17,22,31-39,48H,10-15,18-21H2,1-9H3,(H,41,49)/t22-,31+,32?,33?,34+,35-,36+,37-,38-,39+,40?/m0/s1. The number of aryl methyl sites for hydroxylation is 2. The van der Waals surface area contributed by atoms with Crippen molar-refractivity contribution in [2.75, 3.05) is 13.2 Å². The molecule has 2 aromatic rings. The van der Waals surface area contributed by atoms with E-state index in [1.807, 2.05) is 20.8 Å². The lowest BCUT2D eigenvalue weighted by atomic mass is 9.85. The first-order valence-corrected chi connectivity index (χ1v) is 20.7. The van der Waals surface area contributed by atoms with Crippen molar-refractivity contribution in [2.24, 2.45) is 11.3 Å². The molecule has 1 amide bonds. The van der Waals surface area contributed by atoms with Gasteiger partial charge in [0.05, 0.1) is 55.4 Å². The molecule has 21 nitrogen and oxygen atoms in total. The van der Waals surface area contributed by atoms with E-state index in [1.54, 1.807) is 21.8 Å². The van der Waals surface area contributed by atoms with Crippen LogP contribution >= 0.6 is 0 Å². The lowest BCUT2D eigenvalue weighted by Gasteiger charge is -2.45. The topological polar surface area (TPSA) is 261 Å². The van der Waals surface area contributed by atoms with Gasteiger partial charge in [-0.15, -0.1) is 10.2 Å². The molecule has 3 unspecified atom stereocenters. The summed E-state index contributed by atoms with van der Waals surface area (Å²) in [4.78, 5) is 72.1. The number of nitrogens with one attached hydrogen (secondary N) is 1. The number of hydrogen-bond donors (Lipinski definition) is 2.